The third kappa shape index (κ3) is 10.4. The molecule has 1 aliphatic carbocycles. The number of nitrogens with zero attached hydrogens (tertiary/aromatic N) is 3. The van der Waals surface area contributed by atoms with E-state index in [1.807, 2.05) is 20.8 Å². The van der Waals surface area contributed by atoms with Crippen LogP contribution in [0.5, 0.6) is 5.75 Å². The number of ether oxygens (including phenoxy) is 2. The first-order valence-corrected chi connectivity index (χ1v) is 16.7. The zero-order valence-electron chi connectivity index (χ0n) is 27.8. The van der Waals surface area contributed by atoms with Crippen molar-refractivity contribution in [2.75, 3.05) is 24.1 Å². The molecule has 5 atom stereocenters. The second-order valence-electron chi connectivity index (χ2n) is 12.9. The number of hydrogen-bond acceptors (Lipinski definition) is 10. The number of nitrogens with two attached hydrogens (primary N) is 1. The number of nitrogen functional groups attached to an aromatic ring is 1. The summed E-state index contributed by atoms with van der Waals surface area (Å²) >= 11 is 0. The number of benzene rings is 1. The minimum atomic E-state index is -0.959. The Bertz CT molecular complexity index is 1370. The number of aliphatic hydroxyl groups is 1. The van der Waals surface area contributed by atoms with Crippen LogP contribution in [-0.4, -0.2) is 69.2 Å². The third-order valence-corrected chi connectivity index (χ3v) is 9.01. The number of likely N-dealkylation sites (tertiary alicyclic amines) is 1. The van der Waals surface area contributed by atoms with Crippen LogP contribution in [0, 0.1) is 17.8 Å². The zero-order valence-corrected chi connectivity index (χ0v) is 27.8. The number of hydrogen-bond donors (Lipinski definition) is 4. The van der Waals surface area contributed by atoms with E-state index >= 15 is 0 Å². The van der Waals surface area contributed by atoms with Crippen LogP contribution < -0.4 is 21.1 Å². The lowest BCUT2D eigenvalue weighted by Gasteiger charge is -2.28. The summed E-state index contributed by atoms with van der Waals surface area (Å²) in [6.07, 6.45) is 9.99. The molecule has 2 aliphatic rings. The number of ketones is 1. The molecule has 0 spiro atoms. The first kappa shape index (κ1) is 35.7. The van der Waals surface area contributed by atoms with Gasteiger partial charge in [-0.25, -0.2) is 4.79 Å². The van der Waals surface area contributed by atoms with Gasteiger partial charge in [-0.15, -0.1) is 0 Å². The predicted molar refractivity (Wildman–Crippen MR) is 179 cm³/mol. The van der Waals surface area contributed by atoms with E-state index in [9.17, 15) is 19.5 Å². The highest BCUT2D eigenvalue weighted by molar-refractivity contribution is 5.92. The molecule has 1 saturated heterocycles. The molecule has 5 N–H and O–H groups in total. The topological polar surface area (TPSA) is 169 Å². The number of aromatic nitrogens is 2. The van der Waals surface area contributed by atoms with E-state index in [2.05, 4.69) is 27.2 Å². The van der Waals surface area contributed by atoms with Gasteiger partial charge < -0.3 is 35.8 Å². The van der Waals surface area contributed by atoms with Gasteiger partial charge in [-0.2, -0.15) is 0 Å². The minimum absolute atomic E-state index is 0.0802. The Morgan fingerprint density at radius 3 is 2.70 bits per heavy atom. The number of carbonyl (C=O) groups excluding carboxylic acids is 3. The Hall–Kier alpha value is -4.19. The van der Waals surface area contributed by atoms with Crippen LogP contribution in [-0.2, 0) is 20.9 Å². The molecule has 2 aromatic rings. The molecule has 2 fully saturated rings. The summed E-state index contributed by atoms with van der Waals surface area (Å²) < 4.78 is 11.3. The summed E-state index contributed by atoms with van der Waals surface area (Å²) in [4.78, 5) is 47.8. The van der Waals surface area contributed by atoms with Crippen LogP contribution in [0.25, 0.3) is 0 Å². The van der Waals surface area contributed by atoms with Crippen molar-refractivity contribution in [2.45, 2.75) is 97.1 Å². The Balaban J connectivity index is 1.08. The quantitative estimate of drug-likeness (QED) is 0.0758. The molecule has 1 aromatic heterocycles. The lowest BCUT2D eigenvalue weighted by molar-refractivity contribution is -0.139. The van der Waals surface area contributed by atoms with E-state index in [1.54, 1.807) is 41.7 Å². The van der Waals surface area contributed by atoms with E-state index in [0.717, 1.165) is 44.9 Å². The Kier molecular flexibility index (Phi) is 13.0. The molecule has 256 valence electrons. The average molecular weight is 651 g/mol. The molecular formula is C35H50N6O6. The van der Waals surface area contributed by atoms with E-state index in [1.165, 1.54) is 0 Å². The van der Waals surface area contributed by atoms with Crippen LogP contribution in [0.1, 0.15) is 77.8 Å². The highest BCUT2D eigenvalue weighted by atomic mass is 16.6. The molecular weight excluding hydrogens is 600 g/mol. The summed E-state index contributed by atoms with van der Waals surface area (Å²) in [5.41, 5.74) is 8.49. The molecule has 0 radical (unpaired) electrons. The van der Waals surface area contributed by atoms with Gasteiger partial charge in [0.1, 0.15) is 31.2 Å². The fourth-order valence-electron chi connectivity index (χ4n) is 6.02. The zero-order chi connectivity index (χ0) is 33.9. The van der Waals surface area contributed by atoms with Crippen molar-refractivity contribution in [2.24, 2.45) is 17.8 Å². The summed E-state index contributed by atoms with van der Waals surface area (Å²) in [6, 6.07) is 4.79. The Morgan fingerprint density at radius 2 is 1.98 bits per heavy atom. The molecule has 2 amide bonds. The molecule has 12 nitrogen and oxygen atoms in total. The highest BCUT2D eigenvalue weighted by Crippen LogP contribution is 2.38. The van der Waals surface area contributed by atoms with Crippen molar-refractivity contribution in [3.05, 3.63) is 54.6 Å². The molecule has 2 unspecified atom stereocenters. The van der Waals surface area contributed by atoms with E-state index in [-0.39, 0.29) is 42.8 Å². The number of anilines is 2. The molecule has 2 heterocycles. The molecule has 0 bridgehead atoms. The minimum Gasteiger partial charge on any atom is -0.487 e. The molecule has 1 aliphatic heterocycles. The van der Waals surface area contributed by atoms with Crippen molar-refractivity contribution in [1.29, 1.82) is 0 Å². The van der Waals surface area contributed by atoms with Gasteiger partial charge in [0.25, 0.3) is 0 Å². The van der Waals surface area contributed by atoms with Gasteiger partial charge in [-0.05, 0) is 61.6 Å². The van der Waals surface area contributed by atoms with Crippen molar-refractivity contribution < 1.29 is 29.0 Å². The fourth-order valence-corrected chi connectivity index (χ4v) is 6.02. The molecule has 1 aromatic carbocycles. The van der Waals surface area contributed by atoms with Gasteiger partial charge in [0, 0.05) is 30.9 Å². The fraction of sp³-hybridized carbons (Fsp3) is 0.571. The smallest absolute Gasteiger partial charge is 0.407 e. The standard InChI is InChI=1S/C35H50N6O6/c1-5-24-13-16-41(32(24)33(43)22(2)3)31(42)20-39-35(45)47-30-17-25(30)10-8-6-7-9-23(4)34(44)40-29-18-27(11-12-28(29)36)46-21-26-19-37-14-15-38-26/h11-12,14-15,18-19,22,24-25,30,32,34,40,44H,4-10,13,16-17,20-21,36H2,1-3H3,(H,39,45)/t24-,25-,30?,32+,34?/m1/s1. The lowest BCUT2D eigenvalue weighted by atomic mass is 9.89. The number of rotatable bonds is 18. The SMILES string of the molecule is C=C(CCCCC[C@@H]1CC1OC(=O)NCC(=O)N1CC[C@@H](CC)[C@H]1C(=O)C(C)C)C(O)Nc1cc(OCc2cnccn2)ccc1N. The maximum Gasteiger partial charge on any atom is 0.407 e. The molecule has 4 rings (SSSR count). The number of carbonyl (C=O) groups is 3. The second kappa shape index (κ2) is 17.1. The third-order valence-electron chi connectivity index (χ3n) is 9.01. The summed E-state index contributed by atoms with van der Waals surface area (Å²) in [6.45, 7) is 10.4. The van der Waals surface area contributed by atoms with Crippen molar-refractivity contribution in [3.63, 3.8) is 0 Å². The van der Waals surface area contributed by atoms with Crippen LogP contribution in [0.15, 0.2) is 48.9 Å². The number of aliphatic hydroxyl groups excluding tert-OH is 1. The van der Waals surface area contributed by atoms with Gasteiger partial charge in [0.15, 0.2) is 5.78 Å². The molecule has 47 heavy (non-hydrogen) atoms. The van der Waals surface area contributed by atoms with Gasteiger partial charge >= 0.3 is 6.09 Å². The maximum absolute atomic E-state index is 12.9. The summed E-state index contributed by atoms with van der Waals surface area (Å²) in [5, 5.41) is 16.3. The lowest BCUT2D eigenvalue weighted by Crippen LogP contribution is -2.48. The number of alkyl carbamates (subject to hydrolysis) is 1. The van der Waals surface area contributed by atoms with Crippen molar-refractivity contribution in [1.82, 2.24) is 20.2 Å². The highest BCUT2D eigenvalue weighted by Gasteiger charge is 2.42. The first-order valence-electron chi connectivity index (χ1n) is 16.7. The van der Waals surface area contributed by atoms with Crippen molar-refractivity contribution in [3.8, 4) is 5.75 Å². The number of Topliss-reactive ketones (excluding diaryl/α,β-unsaturated/α-hetero) is 1. The van der Waals surface area contributed by atoms with Gasteiger partial charge in [-0.3, -0.25) is 19.6 Å². The van der Waals surface area contributed by atoms with Crippen molar-refractivity contribution >= 4 is 29.2 Å². The van der Waals surface area contributed by atoms with Crippen LogP contribution in [0.2, 0.25) is 0 Å². The molecule has 12 heteroatoms. The summed E-state index contributed by atoms with van der Waals surface area (Å²) in [7, 11) is 0. The first-order chi connectivity index (χ1) is 22.6. The Morgan fingerprint density at radius 1 is 1.17 bits per heavy atom. The Labute approximate surface area is 277 Å². The monoisotopic (exact) mass is 650 g/mol. The van der Waals surface area contributed by atoms with E-state index < -0.39 is 18.4 Å². The number of nitrogens with one attached hydrogen (secondary N) is 2. The number of unbranched alkanes of at least 4 members (excludes halogenated alkanes) is 2. The van der Waals surface area contributed by atoms with E-state index in [0.29, 0.717) is 47.3 Å². The normalized spacial score (nSPS) is 20.8. The van der Waals surface area contributed by atoms with Crippen LogP contribution in [0.3, 0.4) is 0 Å². The number of amides is 2. The van der Waals surface area contributed by atoms with Crippen LogP contribution >= 0.6 is 0 Å². The van der Waals surface area contributed by atoms with Crippen LogP contribution in [0.4, 0.5) is 16.2 Å². The van der Waals surface area contributed by atoms with E-state index in [4.69, 9.17) is 15.2 Å². The average Bonchev–Trinajstić information content (AvgIpc) is 3.65. The van der Waals surface area contributed by atoms with Gasteiger partial charge in [0.05, 0.1) is 29.3 Å². The summed E-state index contributed by atoms with van der Waals surface area (Å²) in [5.74, 6) is 0.751. The molecule has 1 saturated carbocycles. The predicted octanol–water partition coefficient (Wildman–Crippen LogP) is 4.84. The van der Waals surface area contributed by atoms with Gasteiger partial charge in [0.2, 0.25) is 5.91 Å². The maximum atomic E-state index is 12.9. The van der Waals surface area contributed by atoms with Gasteiger partial charge in [-0.1, -0.05) is 46.6 Å². The largest absolute Gasteiger partial charge is 0.487 e. The second-order valence-corrected chi connectivity index (χ2v) is 12.9.